The molecule has 1 amide bonds. The Kier molecular flexibility index (Phi) is 6.14. The van der Waals surface area contributed by atoms with E-state index in [1.54, 1.807) is 18.2 Å². The Bertz CT molecular complexity index is 684. The van der Waals surface area contributed by atoms with E-state index in [1.807, 2.05) is 6.07 Å². The predicted octanol–water partition coefficient (Wildman–Crippen LogP) is 2.62. The van der Waals surface area contributed by atoms with Gasteiger partial charge in [-0.05, 0) is 24.1 Å². The van der Waals surface area contributed by atoms with Crippen LogP contribution in [-0.4, -0.2) is 55.0 Å². The number of amides is 1. The van der Waals surface area contributed by atoms with Gasteiger partial charge in [-0.2, -0.15) is 0 Å². The summed E-state index contributed by atoms with van der Waals surface area (Å²) >= 11 is 0. The molecule has 1 N–H and O–H groups in total. The molecule has 0 saturated carbocycles. The van der Waals surface area contributed by atoms with Gasteiger partial charge in [-0.1, -0.05) is 42.5 Å². The van der Waals surface area contributed by atoms with E-state index in [0.29, 0.717) is 6.54 Å². The Labute approximate surface area is 148 Å². The first-order chi connectivity index (χ1) is 12.2. The first kappa shape index (κ1) is 17.6. The van der Waals surface area contributed by atoms with Gasteiger partial charge in [-0.25, -0.2) is 4.39 Å². The molecule has 1 heterocycles. The first-order valence-electron chi connectivity index (χ1n) is 8.74. The molecule has 1 saturated heterocycles. The van der Waals surface area contributed by atoms with E-state index in [2.05, 4.69) is 39.4 Å². The fourth-order valence-electron chi connectivity index (χ4n) is 3.06. The summed E-state index contributed by atoms with van der Waals surface area (Å²) in [6, 6.07) is 16.7. The highest BCUT2D eigenvalue weighted by Gasteiger charge is 2.19. The van der Waals surface area contributed by atoms with Crippen molar-refractivity contribution in [3.05, 3.63) is 66.0 Å². The predicted molar refractivity (Wildman–Crippen MR) is 98.1 cm³/mol. The molecule has 0 radical (unpaired) electrons. The van der Waals surface area contributed by atoms with Crippen LogP contribution in [0.15, 0.2) is 54.6 Å². The number of piperazine rings is 1. The molecule has 2 aromatic carbocycles. The minimum absolute atomic E-state index is 0.164. The highest BCUT2D eigenvalue weighted by molar-refractivity contribution is 5.92. The van der Waals surface area contributed by atoms with E-state index < -0.39 is 5.82 Å². The van der Waals surface area contributed by atoms with Gasteiger partial charge in [-0.3, -0.25) is 9.69 Å². The minimum atomic E-state index is -0.401. The van der Waals surface area contributed by atoms with Crippen molar-refractivity contribution in [1.29, 1.82) is 0 Å². The standard InChI is InChI=1S/C20H24FN3O/c21-18-8-4-5-9-19(18)22-20(25)16-24-14-12-23(13-15-24)11-10-17-6-2-1-3-7-17/h1-9H,10-16H2,(H,22,25). The second-order valence-corrected chi connectivity index (χ2v) is 6.38. The summed E-state index contributed by atoms with van der Waals surface area (Å²) in [6.45, 7) is 4.98. The zero-order chi connectivity index (χ0) is 17.5. The van der Waals surface area contributed by atoms with Gasteiger partial charge in [-0.15, -0.1) is 0 Å². The number of hydrogen-bond donors (Lipinski definition) is 1. The third kappa shape index (κ3) is 5.37. The zero-order valence-corrected chi connectivity index (χ0v) is 14.3. The van der Waals surface area contributed by atoms with Crippen molar-refractivity contribution < 1.29 is 9.18 Å². The molecular formula is C20H24FN3O. The topological polar surface area (TPSA) is 35.6 Å². The Balaban J connectivity index is 1.39. The molecule has 0 aliphatic carbocycles. The Morgan fingerprint density at radius 3 is 2.28 bits per heavy atom. The van der Waals surface area contributed by atoms with Gasteiger partial charge in [0.2, 0.25) is 5.91 Å². The molecule has 2 aromatic rings. The average molecular weight is 341 g/mol. The molecule has 3 rings (SSSR count). The number of carbonyl (C=O) groups is 1. The van der Waals surface area contributed by atoms with Gasteiger partial charge in [0, 0.05) is 32.7 Å². The molecule has 25 heavy (non-hydrogen) atoms. The van der Waals surface area contributed by atoms with Gasteiger partial charge in [0.05, 0.1) is 12.2 Å². The number of hydrogen-bond acceptors (Lipinski definition) is 3. The largest absolute Gasteiger partial charge is 0.322 e. The molecular weight excluding hydrogens is 317 g/mol. The van der Waals surface area contributed by atoms with E-state index >= 15 is 0 Å². The van der Waals surface area contributed by atoms with Crippen LogP contribution in [0.5, 0.6) is 0 Å². The number of rotatable bonds is 6. The van der Waals surface area contributed by atoms with E-state index in [0.717, 1.165) is 39.1 Å². The third-order valence-corrected chi connectivity index (χ3v) is 4.54. The SMILES string of the molecule is O=C(CN1CCN(CCc2ccccc2)CC1)Nc1ccccc1F. The van der Waals surface area contributed by atoms with Crippen molar-refractivity contribution in [2.45, 2.75) is 6.42 Å². The molecule has 132 valence electrons. The van der Waals surface area contributed by atoms with Crippen molar-refractivity contribution in [3.8, 4) is 0 Å². The van der Waals surface area contributed by atoms with Gasteiger partial charge in [0.15, 0.2) is 0 Å². The summed E-state index contributed by atoms with van der Waals surface area (Å²) < 4.78 is 13.6. The number of para-hydroxylation sites is 1. The van der Waals surface area contributed by atoms with Gasteiger partial charge in [0.1, 0.15) is 5.82 Å². The maximum absolute atomic E-state index is 13.6. The lowest BCUT2D eigenvalue weighted by Crippen LogP contribution is -2.49. The molecule has 0 bridgehead atoms. The molecule has 0 aromatic heterocycles. The molecule has 1 fully saturated rings. The molecule has 0 spiro atoms. The number of carbonyl (C=O) groups excluding carboxylic acids is 1. The molecule has 1 aliphatic rings. The highest BCUT2D eigenvalue weighted by Crippen LogP contribution is 2.12. The molecule has 1 aliphatic heterocycles. The van der Waals surface area contributed by atoms with Crippen LogP contribution in [0, 0.1) is 5.82 Å². The van der Waals surface area contributed by atoms with Crippen molar-refractivity contribution in [3.63, 3.8) is 0 Å². The van der Waals surface area contributed by atoms with Gasteiger partial charge < -0.3 is 10.2 Å². The van der Waals surface area contributed by atoms with Crippen LogP contribution in [0.4, 0.5) is 10.1 Å². The lowest BCUT2D eigenvalue weighted by molar-refractivity contribution is -0.117. The highest BCUT2D eigenvalue weighted by atomic mass is 19.1. The second kappa shape index (κ2) is 8.74. The Hall–Kier alpha value is -2.24. The van der Waals surface area contributed by atoms with E-state index in [4.69, 9.17) is 0 Å². The molecule has 0 unspecified atom stereocenters. The van der Waals surface area contributed by atoms with Crippen molar-refractivity contribution in [2.75, 3.05) is 44.6 Å². The van der Waals surface area contributed by atoms with E-state index in [1.165, 1.54) is 11.6 Å². The summed E-state index contributed by atoms with van der Waals surface area (Å²) in [6.07, 6.45) is 1.05. The Morgan fingerprint density at radius 2 is 1.56 bits per heavy atom. The smallest absolute Gasteiger partial charge is 0.238 e. The number of nitrogens with one attached hydrogen (secondary N) is 1. The van der Waals surface area contributed by atoms with Crippen molar-refractivity contribution in [2.24, 2.45) is 0 Å². The summed E-state index contributed by atoms with van der Waals surface area (Å²) in [4.78, 5) is 16.6. The zero-order valence-electron chi connectivity index (χ0n) is 14.3. The number of halogens is 1. The van der Waals surface area contributed by atoms with Crippen LogP contribution >= 0.6 is 0 Å². The van der Waals surface area contributed by atoms with Crippen molar-refractivity contribution in [1.82, 2.24) is 9.80 Å². The number of benzene rings is 2. The van der Waals surface area contributed by atoms with E-state index in [9.17, 15) is 9.18 Å². The fraction of sp³-hybridized carbons (Fsp3) is 0.350. The fourth-order valence-corrected chi connectivity index (χ4v) is 3.06. The lowest BCUT2D eigenvalue weighted by Gasteiger charge is -2.34. The second-order valence-electron chi connectivity index (χ2n) is 6.38. The molecule has 0 atom stereocenters. The van der Waals surface area contributed by atoms with Crippen LogP contribution in [0.3, 0.4) is 0 Å². The van der Waals surface area contributed by atoms with Crippen LogP contribution in [0.2, 0.25) is 0 Å². The van der Waals surface area contributed by atoms with Crippen LogP contribution in [0.1, 0.15) is 5.56 Å². The minimum Gasteiger partial charge on any atom is -0.322 e. The summed E-state index contributed by atoms with van der Waals surface area (Å²) in [5.74, 6) is -0.565. The quantitative estimate of drug-likeness (QED) is 0.877. The monoisotopic (exact) mass is 341 g/mol. The van der Waals surface area contributed by atoms with E-state index in [-0.39, 0.29) is 11.6 Å². The Morgan fingerprint density at radius 1 is 0.920 bits per heavy atom. The summed E-state index contributed by atoms with van der Waals surface area (Å²) in [5.41, 5.74) is 1.60. The maximum atomic E-state index is 13.6. The average Bonchev–Trinajstić information content (AvgIpc) is 2.64. The number of anilines is 1. The molecule has 5 heteroatoms. The lowest BCUT2D eigenvalue weighted by atomic mass is 10.1. The summed E-state index contributed by atoms with van der Waals surface area (Å²) in [5, 5.41) is 2.65. The van der Waals surface area contributed by atoms with Gasteiger partial charge >= 0.3 is 0 Å². The molecule has 4 nitrogen and oxygen atoms in total. The third-order valence-electron chi connectivity index (χ3n) is 4.54. The van der Waals surface area contributed by atoms with Crippen LogP contribution in [-0.2, 0) is 11.2 Å². The number of nitrogens with zero attached hydrogens (tertiary/aromatic N) is 2. The first-order valence-corrected chi connectivity index (χ1v) is 8.74. The normalized spacial score (nSPS) is 15.9. The van der Waals surface area contributed by atoms with Gasteiger partial charge in [0.25, 0.3) is 0 Å². The summed E-state index contributed by atoms with van der Waals surface area (Å²) in [7, 11) is 0. The van der Waals surface area contributed by atoms with Crippen molar-refractivity contribution >= 4 is 11.6 Å². The van der Waals surface area contributed by atoms with Crippen LogP contribution in [0.25, 0.3) is 0 Å². The van der Waals surface area contributed by atoms with Crippen LogP contribution < -0.4 is 5.32 Å². The maximum Gasteiger partial charge on any atom is 0.238 e.